The predicted octanol–water partition coefficient (Wildman–Crippen LogP) is 6.03. The molecule has 2 aliphatic carbocycles. The minimum Gasteiger partial charge on any atom is -0.466 e. The lowest BCUT2D eigenvalue weighted by atomic mass is 9.77. The molecule has 8 heteroatoms. The van der Waals surface area contributed by atoms with Crippen LogP contribution in [0.4, 0.5) is 5.82 Å². The molecule has 2 fully saturated rings. The number of hydrogen-bond acceptors (Lipinski definition) is 6. The molecule has 3 aromatic heterocycles. The van der Waals surface area contributed by atoms with E-state index in [1.165, 1.54) is 0 Å². The van der Waals surface area contributed by atoms with E-state index in [0.29, 0.717) is 12.4 Å². The fourth-order valence-electron chi connectivity index (χ4n) is 5.76. The van der Waals surface area contributed by atoms with Crippen LogP contribution in [0.15, 0.2) is 59.3 Å². The Morgan fingerprint density at radius 1 is 1.14 bits per heavy atom. The lowest BCUT2D eigenvalue weighted by Gasteiger charge is -2.29. The molecule has 1 atom stereocenters. The first-order valence-electron chi connectivity index (χ1n) is 12.5. The van der Waals surface area contributed by atoms with Gasteiger partial charge in [0, 0.05) is 28.8 Å². The number of aromatic nitrogens is 4. The molecule has 1 aromatic carbocycles. The molecule has 2 saturated carbocycles. The average molecular weight is 546 g/mol. The van der Waals surface area contributed by atoms with Crippen LogP contribution in [0.2, 0.25) is 0 Å². The van der Waals surface area contributed by atoms with Gasteiger partial charge in [-0.25, -0.2) is 4.98 Å². The Labute approximate surface area is 218 Å². The van der Waals surface area contributed by atoms with Crippen molar-refractivity contribution < 1.29 is 9.53 Å². The minimum atomic E-state index is -0.0308. The fourth-order valence-corrected chi connectivity index (χ4v) is 6.34. The van der Waals surface area contributed by atoms with E-state index >= 15 is 0 Å². The van der Waals surface area contributed by atoms with Gasteiger partial charge in [-0.05, 0) is 66.4 Å². The van der Waals surface area contributed by atoms with Crippen LogP contribution >= 0.6 is 15.9 Å². The third-order valence-corrected chi connectivity index (χ3v) is 8.73. The normalized spacial score (nSPS) is 23.2. The SMILES string of the molecule is CCOC(=O)C1CC12CCC(c1nc3c(-c4ccc(-c5ccccc5)nc4)cnn3c(N)c1Br)CC2. The summed E-state index contributed by atoms with van der Waals surface area (Å²) in [4.78, 5) is 22.0. The van der Waals surface area contributed by atoms with E-state index in [4.69, 9.17) is 15.5 Å². The number of halogens is 1. The van der Waals surface area contributed by atoms with Crippen molar-refractivity contribution in [1.82, 2.24) is 19.6 Å². The number of nitrogens with two attached hydrogens (primary N) is 1. The Balaban J connectivity index is 1.28. The molecule has 6 rings (SSSR count). The van der Waals surface area contributed by atoms with Crippen molar-refractivity contribution in [1.29, 1.82) is 0 Å². The summed E-state index contributed by atoms with van der Waals surface area (Å²) in [5.41, 5.74) is 12.2. The Bertz CT molecular complexity index is 1430. The Hall–Kier alpha value is -3.26. The number of fused-ring (bicyclic) bond motifs is 1. The van der Waals surface area contributed by atoms with Gasteiger partial charge in [-0.15, -0.1) is 0 Å². The van der Waals surface area contributed by atoms with Gasteiger partial charge < -0.3 is 10.5 Å². The summed E-state index contributed by atoms with van der Waals surface area (Å²) in [6, 6.07) is 14.2. The number of hydrogen-bond donors (Lipinski definition) is 1. The largest absolute Gasteiger partial charge is 0.466 e. The fraction of sp³-hybridized carbons (Fsp3) is 0.357. The van der Waals surface area contributed by atoms with Gasteiger partial charge in [-0.2, -0.15) is 9.61 Å². The quantitative estimate of drug-likeness (QED) is 0.307. The van der Waals surface area contributed by atoms with Crippen molar-refractivity contribution in [3.05, 3.63) is 65.0 Å². The summed E-state index contributed by atoms with van der Waals surface area (Å²) in [6.07, 6.45) is 8.60. The van der Waals surface area contributed by atoms with Gasteiger partial charge in [0.25, 0.3) is 0 Å². The highest BCUT2D eigenvalue weighted by atomic mass is 79.9. The zero-order chi connectivity index (χ0) is 24.9. The van der Waals surface area contributed by atoms with Crippen molar-refractivity contribution in [2.75, 3.05) is 12.3 Å². The van der Waals surface area contributed by atoms with E-state index in [1.807, 2.05) is 49.5 Å². The number of benzene rings is 1. The average Bonchev–Trinajstić information content (AvgIpc) is 3.44. The maximum Gasteiger partial charge on any atom is 0.309 e. The summed E-state index contributed by atoms with van der Waals surface area (Å²) in [7, 11) is 0. The van der Waals surface area contributed by atoms with Crippen LogP contribution in [0, 0.1) is 11.3 Å². The highest BCUT2D eigenvalue weighted by molar-refractivity contribution is 9.10. The first-order chi connectivity index (χ1) is 17.5. The van der Waals surface area contributed by atoms with Gasteiger partial charge >= 0.3 is 5.97 Å². The summed E-state index contributed by atoms with van der Waals surface area (Å²) in [5, 5.41) is 4.52. The highest BCUT2D eigenvalue weighted by Crippen LogP contribution is 2.63. The Kier molecular flexibility index (Phi) is 5.79. The number of ether oxygens (including phenoxy) is 1. The number of carbonyl (C=O) groups is 1. The zero-order valence-corrected chi connectivity index (χ0v) is 21.7. The second-order valence-corrected chi connectivity index (χ2v) is 10.7. The maximum absolute atomic E-state index is 12.2. The molecular weight excluding hydrogens is 518 g/mol. The van der Waals surface area contributed by atoms with Crippen LogP contribution in [-0.2, 0) is 9.53 Å². The van der Waals surface area contributed by atoms with E-state index in [2.05, 4.69) is 32.1 Å². The van der Waals surface area contributed by atoms with Gasteiger partial charge in [0.1, 0.15) is 5.82 Å². The van der Waals surface area contributed by atoms with Gasteiger partial charge in [-0.3, -0.25) is 9.78 Å². The minimum absolute atomic E-state index is 0.0308. The number of carbonyl (C=O) groups excluding carboxylic acids is 1. The van der Waals surface area contributed by atoms with Crippen LogP contribution in [0.3, 0.4) is 0 Å². The molecular formula is C28H28BrN5O2. The van der Waals surface area contributed by atoms with E-state index in [1.54, 1.807) is 10.7 Å². The maximum atomic E-state index is 12.2. The molecule has 0 aliphatic heterocycles. The van der Waals surface area contributed by atoms with Crippen molar-refractivity contribution in [3.8, 4) is 22.4 Å². The molecule has 7 nitrogen and oxygen atoms in total. The third kappa shape index (κ3) is 3.88. The van der Waals surface area contributed by atoms with E-state index in [-0.39, 0.29) is 23.2 Å². The molecule has 1 unspecified atom stereocenters. The first kappa shape index (κ1) is 23.2. The monoisotopic (exact) mass is 545 g/mol. The van der Waals surface area contributed by atoms with Crippen LogP contribution in [0.1, 0.15) is 50.6 Å². The molecule has 36 heavy (non-hydrogen) atoms. The van der Waals surface area contributed by atoms with Crippen molar-refractivity contribution >= 4 is 33.4 Å². The number of anilines is 1. The molecule has 0 radical (unpaired) electrons. The third-order valence-electron chi connectivity index (χ3n) is 7.92. The topological polar surface area (TPSA) is 95.4 Å². The molecule has 4 aromatic rings. The highest BCUT2D eigenvalue weighted by Gasteiger charge is 2.59. The first-order valence-corrected chi connectivity index (χ1v) is 13.3. The van der Waals surface area contributed by atoms with Crippen molar-refractivity contribution in [2.45, 2.75) is 44.9 Å². The standard InChI is InChI=1S/C28H28BrN5O2/c1-2-36-27(35)21-14-28(21)12-10-18(11-13-28)24-23(29)25(30)34-26(33-24)20(16-32-34)19-8-9-22(31-15-19)17-6-4-3-5-7-17/h3-9,15-16,18,21H,2,10-14,30H2,1H3. The predicted molar refractivity (Wildman–Crippen MR) is 142 cm³/mol. The van der Waals surface area contributed by atoms with Gasteiger partial charge in [0.15, 0.2) is 5.65 Å². The second-order valence-electron chi connectivity index (χ2n) is 9.93. The number of nitrogens with zero attached hydrogens (tertiary/aromatic N) is 4. The summed E-state index contributed by atoms with van der Waals surface area (Å²) in [6.45, 7) is 2.31. The van der Waals surface area contributed by atoms with E-state index in [0.717, 1.165) is 70.3 Å². The smallest absolute Gasteiger partial charge is 0.309 e. The molecule has 184 valence electrons. The molecule has 0 saturated heterocycles. The van der Waals surface area contributed by atoms with Crippen LogP contribution in [-0.4, -0.2) is 32.2 Å². The molecule has 1 spiro atoms. The summed E-state index contributed by atoms with van der Waals surface area (Å²) in [5.74, 6) is 0.861. The lowest BCUT2D eigenvalue weighted by Crippen LogP contribution is -2.21. The Morgan fingerprint density at radius 2 is 1.92 bits per heavy atom. The van der Waals surface area contributed by atoms with Gasteiger partial charge in [-0.1, -0.05) is 36.4 Å². The van der Waals surface area contributed by atoms with Crippen molar-refractivity contribution in [3.63, 3.8) is 0 Å². The second kappa shape index (κ2) is 9.00. The van der Waals surface area contributed by atoms with Crippen LogP contribution < -0.4 is 5.73 Å². The number of nitrogen functional groups attached to an aromatic ring is 1. The van der Waals surface area contributed by atoms with Crippen LogP contribution in [0.5, 0.6) is 0 Å². The summed E-state index contributed by atoms with van der Waals surface area (Å²) >= 11 is 3.70. The zero-order valence-electron chi connectivity index (χ0n) is 20.2. The van der Waals surface area contributed by atoms with Crippen LogP contribution in [0.25, 0.3) is 28.0 Å². The van der Waals surface area contributed by atoms with E-state index in [9.17, 15) is 4.79 Å². The Morgan fingerprint density at radius 3 is 2.61 bits per heavy atom. The lowest BCUT2D eigenvalue weighted by molar-refractivity contribution is -0.145. The molecule has 0 amide bonds. The number of pyridine rings is 1. The van der Waals surface area contributed by atoms with E-state index < -0.39 is 0 Å². The molecule has 2 aliphatic rings. The molecule has 3 heterocycles. The molecule has 2 N–H and O–H groups in total. The van der Waals surface area contributed by atoms with Gasteiger partial charge in [0.2, 0.25) is 0 Å². The number of rotatable bonds is 5. The summed E-state index contributed by atoms with van der Waals surface area (Å²) < 4.78 is 7.77. The van der Waals surface area contributed by atoms with Crippen molar-refractivity contribution in [2.24, 2.45) is 11.3 Å². The van der Waals surface area contributed by atoms with Gasteiger partial charge in [0.05, 0.1) is 34.6 Å². The number of esters is 1. The molecule has 0 bridgehead atoms.